The first-order valence-electron chi connectivity index (χ1n) is 9.41. The van der Waals surface area contributed by atoms with Crippen LogP contribution in [0.5, 0.6) is 5.75 Å². The number of benzene rings is 2. The Morgan fingerprint density at radius 1 is 1.23 bits per heavy atom. The van der Waals surface area contributed by atoms with E-state index in [9.17, 15) is 9.00 Å². The molecule has 6 nitrogen and oxygen atoms in total. The van der Waals surface area contributed by atoms with E-state index in [2.05, 4.69) is 4.72 Å². The number of halogens is 1. The molecular formula is C22H25ClN2O4S. The van der Waals surface area contributed by atoms with E-state index >= 15 is 0 Å². The van der Waals surface area contributed by atoms with Gasteiger partial charge in [-0.25, -0.2) is 4.21 Å². The van der Waals surface area contributed by atoms with E-state index in [1.54, 1.807) is 48.6 Å². The monoisotopic (exact) mass is 448 g/mol. The molecule has 160 valence electrons. The second-order valence-electron chi connectivity index (χ2n) is 6.57. The van der Waals surface area contributed by atoms with Gasteiger partial charge in [0.15, 0.2) is 5.78 Å². The lowest BCUT2D eigenvalue weighted by atomic mass is 10.0. The number of ketones is 1. The fourth-order valence-corrected chi connectivity index (χ4v) is 3.58. The highest BCUT2D eigenvalue weighted by Gasteiger charge is 2.17. The number of nitrogens with one attached hydrogen (secondary N) is 2. The van der Waals surface area contributed by atoms with Crippen molar-refractivity contribution in [1.29, 1.82) is 0 Å². The summed E-state index contributed by atoms with van der Waals surface area (Å²) in [5.41, 5.74) is 2.71. The molecule has 30 heavy (non-hydrogen) atoms. The van der Waals surface area contributed by atoms with Crippen LogP contribution in [0.3, 0.4) is 0 Å². The van der Waals surface area contributed by atoms with Crippen LogP contribution in [-0.4, -0.2) is 21.3 Å². The molecule has 8 heteroatoms. The van der Waals surface area contributed by atoms with Gasteiger partial charge in [-0.05, 0) is 62.7 Å². The Morgan fingerprint density at radius 2 is 1.93 bits per heavy atom. The molecule has 2 aromatic carbocycles. The third-order valence-electron chi connectivity index (χ3n) is 3.85. The SMILES string of the molecule is CC/C=C\C(=C/NO)C(=O)c1cc(Cl)ccc1NS(=O)c1ccc(OC(C)C)cc1. The first kappa shape index (κ1) is 23.7. The van der Waals surface area contributed by atoms with E-state index < -0.39 is 11.0 Å². The van der Waals surface area contributed by atoms with E-state index in [4.69, 9.17) is 21.5 Å². The molecule has 0 fully saturated rings. The second-order valence-corrected chi connectivity index (χ2v) is 8.22. The number of hydrogen-bond donors (Lipinski definition) is 3. The molecule has 0 bridgehead atoms. The van der Waals surface area contributed by atoms with Crippen LogP contribution in [0.4, 0.5) is 5.69 Å². The van der Waals surface area contributed by atoms with Crippen molar-refractivity contribution in [3.05, 3.63) is 77.0 Å². The summed E-state index contributed by atoms with van der Waals surface area (Å²) in [4.78, 5) is 13.5. The quantitative estimate of drug-likeness (QED) is 0.199. The van der Waals surface area contributed by atoms with Crippen LogP contribution in [0, 0.1) is 0 Å². The first-order valence-corrected chi connectivity index (χ1v) is 10.9. The van der Waals surface area contributed by atoms with Crippen LogP contribution in [0.15, 0.2) is 71.3 Å². The molecule has 0 amide bonds. The van der Waals surface area contributed by atoms with Gasteiger partial charge in [-0.1, -0.05) is 30.7 Å². The molecule has 0 aromatic heterocycles. The highest BCUT2D eigenvalue weighted by atomic mass is 35.5. The Morgan fingerprint density at radius 3 is 2.53 bits per heavy atom. The molecule has 2 rings (SSSR count). The predicted octanol–water partition coefficient (Wildman–Crippen LogP) is 5.27. The van der Waals surface area contributed by atoms with E-state index in [0.29, 0.717) is 21.4 Å². The molecule has 2 aromatic rings. The van der Waals surface area contributed by atoms with Crippen LogP contribution in [0.2, 0.25) is 5.02 Å². The standard InChI is InChI=1S/C22H25ClN2O4S/c1-4-5-6-16(14-24-27)22(26)20-13-17(23)7-12-21(20)25-30(28)19-10-8-18(9-11-19)29-15(2)3/h5-15,24-25,27H,4H2,1-3H3/b6-5-,16-14+. The van der Waals surface area contributed by atoms with Crippen molar-refractivity contribution in [3.8, 4) is 5.75 Å². The van der Waals surface area contributed by atoms with Crippen molar-refractivity contribution in [1.82, 2.24) is 5.48 Å². The molecule has 0 saturated carbocycles. The normalized spacial score (nSPS) is 12.8. The van der Waals surface area contributed by atoms with Gasteiger partial charge in [-0.3, -0.25) is 15.5 Å². The Bertz CT molecular complexity index is 956. The van der Waals surface area contributed by atoms with Crippen molar-refractivity contribution in [3.63, 3.8) is 0 Å². The van der Waals surface area contributed by atoms with Crippen molar-refractivity contribution in [2.45, 2.75) is 38.2 Å². The fourth-order valence-electron chi connectivity index (χ4n) is 2.53. The summed E-state index contributed by atoms with van der Waals surface area (Å²) in [6.07, 6.45) is 5.33. The molecule has 0 radical (unpaired) electrons. The summed E-state index contributed by atoms with van der Waals surface area (Å²) in [5, 5.41) is 9.38. The summed E-state index contributed by atoms with van der Waals surface area (Å²) in [6.45, 7) is 5.78. The minimum absolute atomic E-state index is 0.0412. The summed E-state index contributed by atoms with van der Waals surface area (Å²) in [5.74, 6) is 0.297. The van der Waals surface area contributed by atoms with Gasteiger partial charge in [0.1, 0.15) is 16.7 Å². The van der Waals surface area contributed by atoms with E-state index in [0.717, 1.165) is 6.42 Å². The van der Waals surface area contributed by atoms with E-state index in [1.165, 1.54) is 12.3 Å². The molecule has 0 aliphatic heterocycles. The van der Waals surface area contributed by atoms with Crippen LogP contribution in [0.25, 0.3) is 0 Å². The summed E-state index contributed by atoms with van der Waals surface area (Å²) in [6, 6.07) is 11.6. The number of carbonyl (C=O) groups is 1. The minimum atomic E-state index is -1.61. The van der Waals surface area contributed by atoms with E-state index in [1.807, 2.05) is 26.3 Å². The molecular weight excluding hydrogens is 424 g/mol. The summed E-state index contributed by atoms with van der Waals surface area (Å²) < 4.78 is 21.3. The third kappa shape index (κ3) is 6.73. The fraction of sp³-hybridized carbons (Fsp3) is 0.227. The third-order valence-corrected chi connectivity index (χ3v) is 5.19. The molecule has 0 saturated heterocycles. The van der Waals surface area contributed by atoms with Crippen molar-refractivity contribution in [2.75, 3.05) is 4.72 Å². The summed E-state index contributed by atoms with van der Waals surface area (Å²) in [7, 11) is -1.61. The Kier molecular flexibility index (Phi) is 9.11. The highest BCUT2D eigenvalue weighted by Crippen LogP contribution is 2.26. The molecule has 0 spiro atoms. The number of allylic oxidation sites excluding steroid dienone is 3. The largest absolute Gasteiger partial charge is 0.491 e. The number of ether oxygens (including phenoxy) is 1. The van der Waals surface area contributed by atoms with Gasteiger partial charge in [-0.2, -0.15) is 0 Å². The number of rotatable bonds is 10. The maximum Gasteiger partial charge on any atom is 0.196 e. The topological polar surface area (TPSA) is 87.7 Å². The van der Waals surface area contributed by atoms with Crippen LogP contribution in [-0.2, 0) is 11.0 Å². The molecule has 0 aliphatic rings. The zero-order valence-electron chi connectivity index (χ0n) is 17.0. The molecule has 1 atom stereocenters. The minimum Gasteiger partial charge on any atom is -0.491 e. The van der Waals surface area contributed by atoms with Crippen LogP contribution < -0.4 is 14.9 Å². The lowest BCUT2D eigenvalue weighted by Crippen LogP contribution is -2.12. The van der Waals surface area contributed by atoms with Gasteiger partial charge >= 0.3 is 0 Å². The summed E-state index contributed by atoms with van der Waals surface area (Å²) >= 11 is 6.09. The maximum atomic E-state index is 13.0. The molecule has 0 heterocycles. The number of hydrogen-bond acceptors (Lipinski definition) is 5. The van der Waals surface area contributed by atoms with Gasteiger partial charge in [0.05, 0.1) is 16.7 Å². The van der Waals surface area contributed by atoms with Crippen molar-refractivity contribution >= 4 is 34.1 Å². The van der Waals surface area contributed by atoms with Crippen molar-refractivity contribution in [2.24, 2.45) is 0 Å². The highest BCUT2D eigenvalue weighted by molar-refractivity contribution is 7.86. The number of anilines is 1. The first-order chi connectivity index (χ1) is 14.3. The van der Waals surface area contributed by atoms with Gasteiger partial charge in [0, 0.05) is 22.4 Å². The molecule has 1 unspecified atom stereocenters. The Hall–Kier alpha value is -2.61. The molecule has 3 N–H and O–H groups in total. The van der Waals surface area contributed by atoms with Gasteiger partial charge in [0.25, 0.3) is 0 Å². The number of Topliss-reactive ketones (excluding diaryl/α,β-unsaturated/α-hetero) is 1. The van der Waals surface area contributed by atoms with Crippen molar-refractivity contribution < 1.29 is 18.9 Å². The van der Waals surface area contributed by atoms with E-state index in [-0.39, 0.29) is 23.0 Å². The smallest absolute Gasteiger partial charge is 0.196 e. The second kappa shape index (κ2) is 11.5. The lowest BCUT2D eigenvalue weighted by Gasteiger charge is -2.13. The number of carbonyl (C=O) groups excluding carboxylic acids is 1. The lowest BCUT2D eigenvalue weighted by molar-refractivity contribution is 0.103. The maximum absolute atomic E-state index is 13.0. The van der Waals surface area contributed by atoms with Gasteiger partial charge in [0.2, 0.25) is 0 Å². The van der Waals surface area contributed by atoms with Crippen LogP contribution >= 0.6 is 11.6 Å². The zero-order chi connectivity index (χ0) is 22.1. The average molecular weight is 449 g/mol. The Labute approximate surface area is 184 Å². The average Bonchev–Trinajstić information content (AvgIpc) is 2.72. The zero-order valence-corrected chi connectivity index (χ0v) is 18.6. The van der Waals surface area contributed by atoms with Gasteiger partial charge in [-0.15, -0.1) is 0 Å². The number of hydroxylamine groups is 1. The molecule has 0 aliphatic carbocycles. The van der Waals surface area contributed by atoms with Crippen LogP contribution in [0.1, 0.15) is 37.6 Å². The Balaban J connectivity index is 2.30. The predicted molar refractivity (Wildman–Crippen MR) is 120 cm³/mol. The van der Waals surface area contributed by atoms with Gasteiger partial charge < -0.3 is 9.46 Å².